The van der Waals surface area contributed by atoms with E-state index in [2.05, 4.69) is 27.7 Å². The number of carbonyl (C=O) groups excluding carboxylic acids is 1. The van der Waals surface area contributed by atoms with Gasteiger partial charge in [0.1, 0.15) is 6.04 Å². The molecule has 0 bridgehead atoms. The first-order valence-electron chi connectivity index (χ1n) is 9.82. The van der Waals surface area contributed by atoms with Gasteiger partial charge >= 0.3 is 5.97 Å². The molecule has 0 saturated carbocycles. The quantitative estimate of drug-likeness (QED) is 0.718. The largest absolute Gasteiger partial charge is 0.468 e. The van der Waals surface area contributed by atoms with Gasteiger partial charge < -0.3 is 14.2 Å². The van der Waals surface area contributed by atoms with Crippen LogP contribution in [0.5, 0.6) is 0 Å². The zero-order valence-corrected chi connectivity index (χ0v) is 17.4. The number of rotatable bonds is 5. The summed E-state index contributed by atoms with van der Waals surface area (Å²) in [7, 11) is 1.41. The molecule has 2 aliphatic heterocycles. The molecule has 2 saturated heterocycles. The van der Waals surface area contributed by atoms with Crippen LogP contribution in [0.4, 0.5) is 0 Å². The molecule has 6 heteroatoms. The summed E-state index contributed by atoms with van der Waals surface area (Å²) in [5.41, 5.74) is 1.98. The molecule has 0 aromatic heterocycles. The number of carbonyl (C=O) groups is 1. The van der Waals surface area contributed by atoms with E-state index in [-0.39, 0.29) is 23.2 Å². The third kappa shape index (κ3) is 4.50. The molecule has 6 nitrogen and oxygen atoms in total. The second-order valence-corrected chi connectivity index (χ2v) is 8.63. The zero-order valence-electron chi connectivity index (χ0n) is 17.4. The number of methoxy groups -OCH3 is 1. The number of ether oxygens (including phenoxy) is 3. The highest BCUT2D eigenvalue weighted by Crippen LogP contribution is 2.40. The Morgan fingerprint density at radius 3 is 2.43 bits per heavy atom. The van der Waals surface area contributed by atoms with Crippen molar-refractivity contribution in [3.63, 3.8) is 0 Å². The molecule has 28 heavy (non-hydrogen) atoms. The van der Waals surface area contributed by atoms with Crippen LogP contribution in [0.1, 0.15) is 33.3 Å². The van der Waals surface area contributed by atoms with Crippen LogP contribution in [0.15, 0.2) is 41.9 Å². The van der Waals surface area contributed by atoms with E-state index >= 15 is 0 Å². The van der Waals surface area contributed by atoms with E-state index < -0.39 is 6.04 Å². The zero-order chi connectivity index (χ0) is 20.3. The summed E-state index contributed by atoms with van der Waals surface area (Å²) < 4.78 is 17.0. The first-order valence-corrected chi connectivity index (χ1v) is 9.82. The van der Waals surface area contributed by atoms with Crippen molar-refractivity contribution in [1.29, 1.82) is 0 Å². The van der Waals surface area contributed by atoms with E-state index in [1.807, 2.05) is 30.3 Å². The lowest BCUT2D eigenvalue weighted by Gasteiger charge is -2.33. The van der Waals surface area contributed by atoms with Gasteiger partial charge in [0, 0.05) is 16.9 Å². The smallest absolute Gasteiger partial charge is 0.326 e. The van der Waals surface area contributed by atoms with E-state index in [9.17, 15) is 4.79 Å². The number of hydroxylamine groups is 2. The van der Waals surface area contributed by atoms with Crippen LogP contribution in [-0.4, -0.2) is 43.9 Å². The lowest BCUT2D eigenvalue weighted by Crippen LogP contribution is -2.41. The van der Waals surface area contributed by atoms with Gasteiger partial charge in [0.05, 0.1) is 33.5 Å². The lowest BCUT2D eigenvalue weighted by atomic mass is 9.85. The van der Waals surface area contributed by atoms with Crippen molar-refractivity contribution in [2.45, 2.75) is 40.3 Å². The Morgan fingerprint density at radius 2 is 1.86 bits per heavy atom. The highest BCUT2D eigenvalue weighted by molar-refractivity contribution is 5.77. The Labute approximate surface area is 167 Å². The third-order valence-electron chi connectivity index (χ3n) is 5.23. The summed E-state index contributed by atoms with van der Waals surface area (Å²) >= 11 is 0. The van der Waals surface area contributed by atoms with E-state index in [0.29, 0.717) is 32.3 Å². The predicted molar refractivity (Wildman–Crippen MR) is 105 cm³/mol. The maximum atomic E-state index is 12.6. The van der Waals surface area contributed by atoms with Gasteiger partial charge in [0.2, 0.25) is 0 Å². The first kappa shape index (κ1) is 20.7. The molecule has 2 heterocycles. The fourth-order valence-electron chi connectivity index (χ4n) is 3.74. The van der Waals surface area contributed by atoms with Crippen LogP contribution in [0.25, 0.3) is 0 Å². The summed E-state index contributed by atoms with van der Waals surface area (Å²) in [6, 6.07) is 9.37. The predicted octanol–water partition coefficient (Wildman–Crippen LogP) is 3.53. The van der Waals surface area contributed by atoms with Crippen molar-refractivity contribution in [1.82, 2.24) is 5.06 Å². The van der Waals surface area contributed by atoms with Crippen LogP contribution < -0.4 is 0 Å². The molecular weight excluding hydrogens is 358 g/mol. The molecule has 0 N–H and O–H groups in total. The normalized spacial score (nSPS) is 24.8. The van der Waals surface area contributed by atoms with Crippen LogP contribution in [-0.2, 0) is 30.4 Å². The Hall–Kier alpha value is -2.05. The molecule has 2 atom stereocenters. The standard InChI is InChI=1S/C22H31NO5/c1-15(2)18-17(21-26-13-22(3,4)14-27-21)11-23(19(18)20(24)25-5)28-12-16-9-7-6-8-10-16/h6-10,15,18-19H,11-14H2,1-5H3/t18-,19-/m1/s1. The van der Waals surface area contributed by atoms with Gasteiger partial charge in [-0.05, 0) is 11.5 Å². The van der Waals surface area contributed by atoms with Crippen molar-refractivity contribution < 1.29 is 23.8 Å². The SMILES string of the molecule is COC(=O)[C@H]1[C@H](C(C)C)C(=C2OCC(C)(C)CO2)CN1OCc1ccccc1. The van der Waals surface area contributed by atoms with Crippen molar-refractivity contribution in [2.24, 2.45) is 17.3 Å². The van der Waals surface area contributed by atoms with Crippen molar-refractivity contribution in [3.05, 3.63) is 47.4 Å². The number of nitrogens with zero attached hydrogens (tertiary/aromatic N) is 1. The molecule has 0 spiro atoms. The maximum absolute atomic E-state index is 12.6. The molecule has 154 valence electrons. The Balaban J connectivity index is 1.85. The minimum atomic E-state index is -0.529. The van der Waals surface area contributed by atoms with Crippen molar-refractivity contribution in [3.8, 4) is 0 Å². The first-order chi connectivity index (χ1) is 13.3. The van der Waals surface area contributed by atoms with Gasteiger partial charge in [-0.1, -0.05) is 58.0 Å². The van der Waals surface area contributed by atoms with Crippen LogP contribution in [0.2, 0.25) is 0 Å². The Morgan fingerprint density at radius 1 is 1.21 bits per heavy atom. The molecule has 3 rings (SSSR count). The number of hydrogen-bond acceptors (Lipinski definition) is 6. The molecular formula is C22H31NO5. The fourth-order valence-corrected chi connectivity index (χ4v) is 3.74. The number of hydrogen-bond donors (Lipinski definition) is 0. The summed E-state index contributed by atoms with van der Waals surface area (Å²) in [5, 5.41) is 1.72. The van der Waals surface area contributed by atoms with Gasteiger partial charge in [-0.25, -0.2) is 0 Å². The molecule has 1 aromatic carbocycles. The van der Waals surface area contributed by atoms with Crippen LogP contribution >= 0.6 is 0 Å². The molecule has 2 aliphatic rings. The summed E-state index contributed by atoms with van der Waals surface area (Å²) in [5.74, 6) is 0.328. The number of benzene rings is 1. The minimum Gasteiger partial charge on any atom is -0.468 e. The van der Waals surface area contributed by atoms with Gasteiger partial charge in [0.25, 0.3) is 5.95 Å². The van der Waals surface area contributed by atoms with E-state index in [1.54, 1.807) is 5.06 Å². The maximum Gasteiger partial charge on any atom is 0.326 e. The van der Waals surface area contributed by atoms with Gasteiger partial charge in [-0.3, -0.25) is 9.63 Å². The second kappa shape index (κ2) is 8.53. The lowest BCUT2D eigenvalue weighted by molar-refractivity contribution is -0.199. The topological polar surface area (TPSA) is 57.2 Å². The Bertz CT molecular complexity index is 701. The van der Waals surface area contributed by atoms with Gasteiger partial charge in [-0.15, -0.1) is 0 Å². The summed E-state index contributed by atoms with van der Waals surface area (Å²) in [6.07, 6.45) is 0. The number of esters is 1. The molecule has 0 amide bonds. The summed E-state index contributed by atoms with van der Waals surface area (Å²) in [4.78, 5) is 18.7. The van der Waals surface area contributed by atoms with Crippen LogP contribution in [0.3, 0.4) is 0 Å². The second-order valence-electron chi connectivity index (χ2n) is 8.63. The van der Waals surface area contributed by atoms with Crippen molar-refractivity contribution in [2.75, 3.05) is 26.9 Å². The average Bonchev–Trinajstić information content (AvgIpc) is 3.06. The van der Waals surface area contributed by atoms with E-state index in [1.165, 1.54) is 7.11 Å². The molecule has 2 fully saturated rings. The monoisotopic (exact) mass is 389 g/mol. The highest BCUT2D eigenvalue weighted by Gasteiger charge is 2.48. The van der Waals surface area contributed by atoms with E-state index in [0.717, 1.165) is 11.1 Å². The van der Waals surface area contributed by atoms with Crippen LogP contribution in [0, 0.1) is 17.3 Å². The molecule has 1 aromatic rings. The minimum absolute atomic E-state index is 0.0265. The van der Waals surface area contributed by atoms with Gasteiger partial charge in [-0.2, -0.15) is 5.06 Å². The molecule has 0 aliphatic carbocycles. The fraction of sp³-hybridized carbons (Fsp3) is 0.591. The average molecular weight is 389 g/mol. The van der Waals surface area contributed by atoms with Gasteiger partial charge in [0.15, 0.2) is 0 Å². The Kier molecular flexibility index (Phi) is 6.30. The highest BCUT2D eigenvalue weighted by atomic mass is 16.7. The summed E-state index contributed by atoms with van der Waals surface area (Å²) in [6.45, 7) is 10.4. The third-order valence-corrected chi connectivity index (χ3v) is 5.23. The molecule has 0 unspecified atom stereocenters. The molecule has 0 radical (unpaired) electrons. The van der Waals surface area contributed by atoms with E-state index in [4.69, 9.17) is 19.0 Å². The van der Waals surface area contributed by atoms with Crippen molar-refractivity contribution >= 4 is 5.97 Å².